The Kier molecular flexibility index (Phi) is 5.95. The standard InChI is InChI=1S/C20H23N3OS/c1-14-6-8-17(9-7-14)22-12-18(24)13-25-20-16(11-21)10-15-4-2-3-5-19(15)23-20/h6-10,18,22,24H,2-5,12-13H2,1H3/t18-/m1/s1. The summed E-state index contributed by atoms with van der Waals surface area (Å²) in [5.74, 6) is 0.513. The second-order valence-corrected chi connectivity index (χ2v) is 7.49. The summed E-state index contributed by atoms with van der Waals surface area (Å²) in [6, 6.07) is 12.3. The van der Waals surface area contributed by atoms with E-state index in [0.29, 0.717) is 17.9 Å². The lowest BCUT2D eigenvalue weighted by Crippen LogP contribution is -2.22. The number of thioether (sulfide) groups is 1. The molecule has 1 atom stereocenters. The number of rotatable bonds is 6. The Hall–Kier alpha value is -2.03. The van der Waals surface area contributed by atoms with E-state index >= 15 is 0 Å². The van der Waals surface area contributed by atoms with Crippen LogP contribution >= 0.6 is 11.8 Å². The Morgan fingerprint density at radius 3 is 2.80 bits per heavy atom. The van der Waals surface area contributed by atoms with Crippen LogP contribution in [0.1, 0.15) is 35.2 Å². The van der Waals surface area contributed by atoms with Gasteiger partial charge in [-0.15, -0.1) is 11.8 Å². The van der Waals surface area contributed by atoms with E-state index in [4.69, 9.17) is 4.98 Å². The number of hydrogen-bond donors (Lipinski definition) is 2. The number of aryl methyl sites for hydroxylation is 3. The molecule has 4 nitrogen and oxygen atoms in total. The molecule has 0 radical (unpaired) electrons. The fourth-order valence-corrected chi connectivity index (χ4v) is 3.85. The zero-order chi connectivity index (χ0) is 17.6. The van der Waals surface area contributed by atoms with Gasteiger partial charge in [0.25, 0.3) is 0 Å². The summed E-state index contributed by atoms with van der Waals surface area (Å²) in [6.07, 6.45) is 3.85. The lowest BCUT2D eigenvalue weighted by Gasteiger charge is -2.17. The average Bonchev–Trinajstić information content (AvgIpc) is 2.65. The highest BCUT2D eigenvalue weighted by atomic mass is 32.2. The van der Waals surface area contributed by atoms with Gasteiger partial charge in [-0.25, -0.2) is 4.98 Å². The SMILES string of the molecule is Cc1ccc(NC[C@@H](O)CSc2nc3c(cc2C#N)CCCC3)cc1. The van der Waals surface area contributed by atoms with Crippen LogP contribution < -0.4 is 5.32 Å². The quantitative estimate of drug-likeness (QED) is 0.775. The molecule has 3 rings (SSSR count). The second-order valence-electron chi connectivity index (χ2n) is 6.48. The van der Waals surface area contributed by atoms with Gasteiger partial charge in [0.05, 0.1) is 11.7 Å². The number of aromatic nitrogens is 1. The summed E-state index contributed by atoms with van der Waals surface area (Å²) in [4.78, 5) is 4.69. The average molecular weight is 353 g/mol. The number of anilines is 1. The predicted octanol–water partition coefficient (Wildman–Crippen LogP) is 3.71. The monoisotopic (exact) mass is 353 g/mol. The van der Waals surface area contributed by atoms with Gasteiger partial charge in [-0.05, 0) is 56.4 Å². The van der Waals surface area contributed by atoms with Crippen molar-refractivity contribution in [2.75, 3.05) is 17.6 Å². The summed E-state index contributed by atoms with van der Waals surface area (Å²) >= 11 is 1.47. The Morgan fingerprint density at radius 2 is 2.04 bits per heavy atom. The molecular formula is C20H23N3OS. The molecule has 0 bridgehead atoms. The largest absolute Gasteiger partial charge is 0.390 e. The van der Waals surface area contributed by atoms with E-state index in [0.717, 1.165) is 29.2 Å². The van der Waals surface area contributed by atoms with E-state index in [1.807, 2.05) is 37.3 Å². The van der Waals surface area contributed by atoms with Crippen molar-refractivity contribution in [2.45, 2.75) is 43.7 Å². The van der Waals surface area contributed by atoms with Gasteiger partial charge in [-0.1, -0.05) is 17.7 Å². The summed E-state index contributed by atoms with van der Waals surface area (Å²) in [5.41, 5.74) is 5.18. The van der Waals surface area contributed by atoms with E-state index in [2.05, 4.69) is 11.4 Å². The Balaban J connectivity index is 1.57. The van der Waals surface area contributed by atoms with Crippen LogP contribution in [-0.2, 0) is 12.8 Å². The first-order chi connectivity index (χ1) is 12.2. The highest BCUT2D eigenvalue weighted by Crippen LogP contribution is 2.27. The van der Waals surface area contributed by atoms with Gasteiger partial charge in [0.15, 0.2) is 0 Å². The maximum Gasteiger partial charge on any atom is 0.114 e. The van der Waals surface area contributed by atoms with E-state index in [-0.39, 0.29) is 0 Å². The number of hydrogen-bond acceptors (Lipinski definition) is 5. The molecule has 0 aliphatic heterocycles. The smallest absolute Gasteiger partial charge is 0.114 e. The molecule has 0 fully saturated rings. The summed E-state index contributed by atoms with van der Waals surface area (Å²) in [5, 5.41) is 23.6. The van der Waals surface area contributed by atoms with Crippen molar-refractivity contribution < 1.29 is 5.11 Å². The highest BCUT2D eigenvalue weighted by molar-refractivity contribution is 7.99. The van der Waals surface area contributed by atoms with Crippen molar-refractivity contribution in [1.29, 1.82) is 5.26 Å². The number of nitriles is 1. The third-order valence-corrected chi connectivity index (χ3v) is 5.53. The highest BCUT2D eigenvalue weighted by Gasteiger charge is 2.16. The van der Waals surface area contributed by atoms with E-state index in [1.54, 1.807) is 0 Å². The van der Waals surface area contributed by atoms with Crippen molar-refractivity contribution in [3.8, 4) is 6.07 Å². The van der Waals surface area contributed by atoms with Gasteiger partial charge >= 0.3 is 0 Å². The van der Waals surface area contributed by atoms with Gasteiger partial charge in [0.1, 0.15) is 11.1 Å². The van der Waals surface area contributed by atoms with Gasteiger partial charge < -0.3 is 10.4 Å². The lowest BCUT2D eigenvalue weighted by atomic mass is 9.95. The zero-order valence-corrected chi connectivity index (χ0v) is 15.3. The molecule has 0 saturated heterocycles. The van der Waals surface area contributed by atoms with Crippen LogP contribution in [0.3, 0.4) is 0 Å². The van der Waals surface area contributed by atoms with Crippen LogP contribution in [0.15, 0.2) is 35.4 Å². The third kappa shape index (κ3) is 4.75. The van der Waals surface area contributed by atoms with Crippen LogP contribution in [0.2, 0.25) is 0 Å². The molecule has 0 saturated carbocycles. The van der Waals surface area contributed by atoms with Crippen molar-refractivity contribution in [1.82, 2.24) is 4.98 Å². The Morgan fingerprint density at radius 1 is 1.28 bits per heavy atom. The van der Waals surface area contributed by atoms with Crippen LogP contribution in [0, 0.1) is 18.3 Å². The molecule has 0 spiro atoms. The van der Waals surface area contributed by atoms with Gasteiger partial charge in [0, 0.05) is 23.7 Å². The first kappa shape index (κ1) is 17.8. The van der Waals surface area contributed by atoms with Gasteiger partial charge in [-0.2, -0.15) is 5.26 Å². The predicted molar refractivity (Wildman–Crippen MR) is 102 cm³/mol. The van der Waals surface area contributed by atoms with Crippen LogP contribution in [-0.4, -0.2) is 28.5 Å². The van der Waals surface area contributed by atoms with Crippen molar-refractivity contribution in [3.63, 3.8) is 0 Å². The minimum atomic E-state index is -0.504. The zero-order valence-electron chi connectivity index (χ0n) is 14.5. The molecule has 5 heteroatoms. The normalized spacial score (nSPS) is 14.4. The first-order valence-electron chi connectivity index (χ1n) is 8.70. The molecule has 1 aromatic heterocycles. The molecule has 130 valence electrons. The number of nitrogens with one attached hydrogen (secondary N) is 1. The fraction of sp³-hybridized carbons (Fsp3) is 0.400. The van der Waals surface area contributed by atoms with Crippen molar-refractivity contribution in [2.24, 2.45) is 0 Å². The fourth-order valence-electron chi connectivity index (χ4n) is 2.95. The van der Waals surface area contributed by atoms with E-state index < -0.39 is 6.10 Å². The third-order valence-electron chi connectivity index (χ3n) is 4.39. The number of pyridine rings is 1. The molecule has 0 amide bonds. The number of nitrogens with zero attached hydrogens (tertiary/aromatic N) is 2. The molecule has 1 aromatic carbocycles. The second kappa shape index (κ2) is 8.37. The van der Waals surface area contributed by atoms with E-state index in [9.17, 15) is 10.4 Å². The van der Waals surface area contributed by atoms with Crippen LogP contribution in [0.5, 0.6) is 0 Å². The van der Waals surface area contributed by atoms with Gasteiger partial charge in [-0.3, -0.25) is 0 Å². The minimum absolute atomic E-state index is 0.475. The molecular weight excluding hydrogens is 330 g/mol. The van der Waals surface area contributed by atoms with Crippen molar-refractivity contribution >= 4 is 17.4 Å². The number of aliphatic hydroxyl groups excluding tert-OH is 1. The summed E-state index contributed by atoms with van der Waals surface area (Å²) in [6.45, 7) is 2.52. The minimum Gasteiger partial charge on any atom is -0.390 e. The van der Waals surface area contributed by atoms with Crippen LogP contribution in [0.25, 0.3) is 0 Å². The Bertz CT molecular complexity index is 768. The van der Waals surface area contributed by atoms with Crippen molar-refractivity contribution in [3.05, 3.63) is 52.7 Å². The molecule has 2 aromatic rings. The molecule has 1 aliphatic carbocycles. The maximum atomic E-state index is 10.2. The molecule has 1 aliphatic rings. The Labute approximate surface area is 153 Å². The van der Waals surface area contributed by atoms with Crippen LogP contribution in [0.4, 0.5) is 5.69 Å². The molecule has 1 heterocycles. The summed E-state index contributed by atoms with van der Waals surface area (Å²) < 4.78 is 0. The molecule has 25 heavy (non-hydrogen) atoms. The van der Waals surface area contributed by atoms with E-state index in [1.165, 1.54) is 35.7 Å². The number of aliphatic hydroxyl groups is 1. The molecule has 0 unspecified atom stereocenters. The van der Waals surface area contributed by atoms with Gasteiger partial charge in [0.2, 0.25) is 0 Å². The topological polar surface area (TPSA) is 68.9 Å². The first-order valence-corrected chi connectivity index (χ1v) is 9.68. The lowest BCUT2D eigenvalue weighted by molar-refractivity contribution is 0.213. The summed E-state index contributed by atoms with van der Waals surface area (Å²) in [7, 11) is 0. The maximum absolute atomic E-state index is 10.2. The number of benzene rings is 1. The number of fused-ring (bicyclic) bond motifs is 1. The molecule has 2 N–H and O–H groups in total.